The molecule has 1 rings (SSSR count). The number of carbonyl (C=O) groups excluding carboxylic acids is 1. The van der Waals surface area contributed by atoms with Gasteiger partial charge in [-0.1, -0.05) is 6.08 Å². The summed E-state index contributed by atoms with van der Waals surface area (Å²) < 4.78 is 0. The topological polar surface area (TPSA) is 43.1 Å². The molecule has 1 aliphatic rings. The Kier molecular flexibility index (Phi) is 2.22. The molecule has 2 heteroatoms. The van der Waals surface area contributed by atoms with E-state index in [2.05, 4.69) is 6.58 Å². The van der Waals surface area contributed by atoms with Gasteiger partial charge in [0.15, 0.2) is 0 Å². The largest absolute Gasteiger partial charge is 0.330 e. The molecule has 0 bridgehead atoms. The van der Waals surface area contributed by atoms with Gasteiger partial charge in [0.1, 0.15) is 5.78 Å². The molecule has 0 amide bonds. The zero-order valence-electron chi connectivity index (χ0n) is 6.05. The summed E-state index contributed by atoms with van der Waals surface area (Å²) in [6, 6.07) is 0. The summed E-state index contributed by atoms with van der Waals surface area (Å²) in [7, 11) is 0. The van der Waals surface area contributed by atoms with E-state index in [9.17, 15) is 4.79 Å². The SMILES string of the molecule is C=CCC(=O)C1CC1CN. The van der Waals surface area contributed by atoms with Crippen molar-refractivity contribution in [1.82, 2.24) is 0 Å². The smallest absolute Gasteiger partial charge is 0.140 e. The van der Waals surface area contributed by atoms with Crippen molar-refractivity contribution in [3.63, 3.8) is 0 Å². The maximum Gasteiger partial charge on any atom is 0.140 e. The molecule has 1 aliphatic carbocycles. The minimum absolute atomic E-state index is 0.267. The van der Waals surface area contributed by atoms with Crippen LogP contribution in [0.5, 0.6) is 0 Å². The van der Waals surface area contributed by atoms with Crippen LogP contribution in [0.2, 0.25) is 0 Å². The Balaban J connectivity index is 2.25. The molecule has 0 heterocycles. The molecule has 0 aliphatic heterocycles. The first-order valence-corrected chi connectivity index (χ1v) is 3.63. The molecule has 0 aromatic rings. The molecule has 2 atom stereocenters. The van der Waals surface area contributed by atoms with Crippen LogP contribution in [0.4, 0.5) is 0 Å². The number of allylic oxidation sites excluding steroid dienone is 1. The fraction of sp³-hybridized carbons (Fsp3) is 0.625. The average molecular weight is 139 g/mol. The summed E-state index contributed by atoms with van der Waals surface area (Å²) in [6.45, 7) is 4.17. The van der Waals surface area contributed by atoms with E-state index >= 15 is 0 Å². The average Bonchev–Trinajstić information content (AvgIpc) is 2.66. The predicted octanol–water partition coefficient (Wildman–Crippen LogP) is 0.726. The van der Waals surface area contributed by atoms with Crippen molar-refractivity contribution in [2.75, 3.05) is 6.54 Å². The molecule has 0 radical (unpaired) electrons. The third-order valence-electron chi connectivity index (χ3n) is 1.98. The summed E-state index contributed by atoms with van der Waals surface area (Å²) in [4.78, 5) is 11.0. The first-order valence-electron chi connectivity index (χ1n) is 3.63. The number of hydrogen-bond acceptors (Lipinski definition) is 2. The van der Waals surface area contributed by atoms with Crippen molar-refractivity contribution in [3.05, 3.63) is 12.7 Å². The van der Waals surface area contributed by atoms with Crippen LogP contribution in [0.3, 0.4) is 0 Å². The van der Waals surface area contributed by atoms with E-state index in [1.807, 2.05) is 0 Å². The van der Waals surface area contributed by atoms with Gasteiger partial charge in [0.05, 0.1) is 0 Å². The van der Waals surface area contributed by atoms with Gasteiger partial charge in [-0.05, 0) is 18.9 Å². The fourth-order valence-electron chi connectivity index (χ4n) is 1.20. The van der Waals surface area contributed by atoms with Gasteiger partial charge >= 0.3 is 0 Å². The number of Topliss-reactive ketones (excluding diaryl/α,β-unsaturated/α-hetero) is 1. The van der Waals surface area contributed by atoms with E-state index < -0.39 is 0 Å². The molecule has 0 spiro atoms. The first-order chi connectivity index (χ1) is 4.79. The number of rotatable bonds is 4. The van der Waals surface area contributed by atoms with Crippen LogP contribution in [0.15, 0.2) is 12.7 Å². The lowest BCUT2D eigenvalue weighted by Gasteiger charge is -1.91. The third kappa shape index (κ3) is 1.45. The predicted molar refractivity (Wildman–Crippen MR) is 40.5 cm³/mol. The highest BCUT2D eigenvalue weighted by molar-refractivity contribution is 5.84. The molecular weight excluding hydrogens is 126 g/mol. The lowest BCUT2D eigenvalue weighted by atomic mass is 10.1. The summed E-state index contributed by atoms with van der Waals surface area (Å²) in [6.07, 6.45) is 3.18. The standard InChI is InChI=1S/C8H13NO/c1-2-3-8(10)7-4-6(7)5-9/h2,6-7H,1,3-5,9H2. The lowest BCUT2D eigenvalue weighted by Crippen LogP contribution is -2.07. The van der Waals surface area contributed by atoms with Gasteiger partial charge in [-0.3, -0.25) is 4.79 Å². The fourth-order valence-corrected chi connectivity index (χ4v) is 1.20. The molecular formula is C8H13NO. The Hall–Kier alpha value is -0.630. The minimum atomic E-state index is 0.267. The molecule has 2 nitrogen and oxygen atoms in total. The van der Waals surface area contributed by atoms with E-state index in [-0.39, 0.29) is 5.92 Å². The number of nitrogens with two attached hydrogens (primary N) is 1. The van der Waals surface area contributed by atoms with Crippen LogP contribution < -0.4 is 5.73 Å². The Morgan fingerprint density at radius 2 is 2.50 bits per heavy atom. The van der Waals surface area contributed by atoms with Gasteiger partial charge in [0.2, 0.25) is 0 Å². The monoisotopic (exact) mass is 139 g/mol. The van der Waals surface area contributed by atoms with Gasteiger partial charge in [-0.25, -0.2) is 0 Å². The van der Waals surface area contributed by atoms with Crippen molar-refractivity contribution in [2.45, 2.75) is 12.8 Å². The normalized spacial score (nSPS) is 29.7. The van der Waals surface area contributed by atoms with Crippen molar-refractivity contribution in [1.29, 1.82) is 0 Å². The van der Waals surface area contributed by atoms with E-state index in [1.165, 1.54) is 0 Å². The number of carbonyl (C=O) groups is 1. The molecule has 10 heavy (non-hydrogen) atoms. The number of ketones is 1. The Morgan fingerprint density at radius 1 is 1.80 bits per heavy atom. The van der Waals surface area contributed by atoms with Crippen LogP contribution >= 0.6 is 0 Å². The second kappa shape index (κ2) is 2.97. The van der Waals surface area contributed by atoms with Gasteiger partial charge in [0.25, 0.3) is 0 Å². The molecule has 0 aromatic carbocycles. The Morgan fingerprint density at radius 3 is 2.90 bits per heavy atom. The van der Waals surface area contributed by atoms with E-state index in [0.29, 0.717) is 24.7 Å². The maximum absolute atomic E-state index is 11.0. The lowest BCUT2D eigenvalue weighted by molar-refractivity contribution is -0.119. The summed E-state index contributed by atoms with van der Waals surface area (Å²) in [5.41, 5.74) is 5.38. The van der Waals surface area contributed by atoms with Crippen molar-refractivity contribution in [3.8, 4) is 0 Å². The maximum atomic E-state index is 11.0. The van der Waals surface area contributed by atoms with E-state index in [4.69, 9.17) is 5.73 Å². The highest BCUT2D eigenvalue weighted by atomic mass is 16.1. The second-order valence-corrected chi connectivity index (χ2v) is 2.80. The molecule has 2 unspecified atom stereocenters. The summed E-state index contributed by atoms with van der Waals surface area (Å²) >= 11 is 0. The quantitative estimate of drug-likeness (QED) is 0.583. The van der Waals surface area contributed by atoms with Crippen LogP contribution in [-0.2, 0) is 4.79 Å². The van der Waals surface area contributed by atoms with E-state index in [1.54, 1.807) is 6.08 Å². The molecule has 1 fully saturated rings. The molecule has 56 valence electrons. The molecule has 0 aromatic heterocycles. The van der Waals surface area contributed by atoms with Crippen molar-refractivity contribution >= 4 is 5.78 Å². The van der Waals surface area contributed by atoms with Crippen molar-refractivity contribution < 1.29 is 4.79 Å². The van der Waals surface area contributed by atoms with Gasteiger partial charge in [-0.2, -0.15) is 0 Å². The summed E-state index contributed by atoms with van der Waals surface area (Å²) in [5.74, 6) is 1.06. The van der Waals surface area contributed by atoms with Crippen LogP contribution in [0.1, 0.15) is 12.8 Å². The zero-order valence-corrected chi connectivity index (χ0v) is 6.05. The van der Waals surface area contributed by atoms with Gasteiger partial charge in [0, 0.05) is 12.3 Å². The molecule has 0 saturated heterocycles. The van der Waals surface area contributed by atoms with Crippen LogP contribution in [-0.4, -0.2) is 12.3 Å². The van der Waals surface area contributed by atoms with E-state index in [0.717, 1.165) is 6.42 Å². The summed E-state index contributed by atoms with van der Waals surface area (Å²) in [5, 5.41) is 0. The first kappa shape index (κ1) is 7.48. The van der Waals surface area contributed by atoms with Crippen LogP contribution in [0, 0.1) is 11.8 Å². The Bertz CT molecular complexity index is 153. The highest BCUT2D eigenvalue weighted by Gasteiger charge is 2.40. The minimum Gasteiger partial charge on any atom is -0.330 e. The highest BCUT2D eigenvalue weighted by Crippen LogP contribution is 2.38. The van der Waals surface area contributed by atoms with Crippen LogP contribution in [0.25, 0.3) is 0 Å². The van der Waals surface area contributed by atoms with Gasteiger partial charge < -0.3 is 5.73 Å². The zero-order chi connectivity index (χ0) is 7.56. The van der Waals surface area contributed by atoms with Crippen molar-refractivity contribution in [2.24, 2.45) is 17.6 Å². The molecule has 2 N–H and O–H groups in total. The third-order valence-corrected chi connectivity index (χ3v) is 1.98. The van der Waals surface area contributed by atoms with Gasteiger partial charge in [-0.15, -0.1) is 6.58 Å². The second-order valence-electron chi connectivity index (χ2n) is 2.80. The number of hydrogen-bond donors (Lipinski definition) is 1. The molecule has 1 saturated carbocycles. The Labute approximate surface area is 61.1 Å².